The van der Waals surface area contributed by atoms with Gasteiger partial charge in [-0.15, -0.1) is 0 Å². The average molecular weight is 365 g/mol. The van der Waals surface area contributed by atoms with E-state index in [2.05, 4.69) is 15.0 Å². The summed E-state index contributed by atoms with van der Waals surface area (Å²) in [5.41, 5.74) is 7.78. The molecule has 7 heteroatoms. The second-order valence-electron chi connectivity index (χ2n) is 6.75. The normalized spacial score (nSPS) is 14.9. The van der Waals surface area contributed by atoms with E-state index in [1.165, 1.54) is 12.1 Å². The molecular weight excluding hydrogens is 345 g/mol. The summed E-state index contributed by atoms with van der Waals surface area (Å²) in [6.45, 7) is 1.44. The van der Waals surface area contributed by atoms with Gasteiger partial charge in [0.15, 0.2) is 0 Å². The van der Waals surface area contributed by atoms with Crippen LogP contribution < -0.4 is 5.73 Å². The maximum Gasteiger partial charge on any atom is 0.254 e. The largest absolute Gasteiger partial charge is 0.368 e. The van der Waals surface area contributed by atoms with Crippen LogP contribution in [0.4, 0.5) is 10.3 Å². The number of nitrogens with zero attached hydrogens (tertiary/aromatic N) is 4. The van der Waals surface area contributed by atoms with Crippen molar-refractivity contribution in [3.05, 3.63) is 48.0 Å². The van der Waals surface area contributed by atoms with E-state index in [1.807, 2.05) is 4.90 Å². The second kappa shape index (κ2) is 7.26. The summed E-state index contributed by atoms with van der Waals surface area (Å²) in [4.78, 5) is 27.7. The number of nitrogen functional groups attached to an aromatic ring is 1. The van der Waals surface area contributed by atoms with Crippen LogP contribution in [0.15, 0.2) is 36.7 Å². The fourth-order valence-corrected chi connectivity index (χ4v) is 3.44. The van der Waals surface area contributed by atoms with Crippen LogP contribution in [0.2, 0.25) is 0 Å². The number of carbonyl (C=O) groups excluding carboxylic acids is 1. The van der Waals surface area contributed by atoms with Crippen LogP contribution in [0.25, 0.3) is 22.2 Å². The summed E-state index contributed by atoms with van der Waals surface area (Å²) in [5, 5.41) is 0.518. The summed E-state index contributed by atoms with van der Waals surface area (Å²) < 4.78 is 13.9. The summed E-state index contributed by atoms with van der Waals surface area (Å²) in [7, 11) is 0. The molecule has 2 N–H and O–H groups in total. The molecule has 0 atom stereocenters. The Bertz CT molecular complexity index is 982. The summed E-state index contributed by atoms with van der Waals surface area (Å²) in [6.07, 6.45) is 7.37. The van der Waals surface area contributed by atoms with E-state index in [1.54, 1.807) is 24.5 Å². The van der Waals surface area contributed by atoms with Crippen LogP contribution in [0.1, 0.15) is 36.0 Å². The molecule has 1 aliphatic rings. The fraction of sp³-hybridized carbons (Fsp3) is 0.300. The van der Waals surface area contributed by atoms with Crippen LogP contribution in [0.5, 0.6) is 0 Å². The van der Waals surface area contributed by atoms with Crippen molar-refractivity contribution < 1.29 is 9.18 Å². The van der Waals surface area contributed by atoms with Gasteiger partial charge in [0.05, 0.1) is 16.8 Å². The van der Waals surface area contributed by atoms with E-state index in [9.17, 15) is 9.18 Å². The third-order valence-corrected chi connectivity index (χ3v) is 4.86. The number of amides is 1. The fourth-order valence-electron chi connectivity index (χ4n) is 3.44. The number of anilines is 1. The number of aromatic nitrogens is 3. The smallest absolute Gasteiger partial charge is 0.254 e. The standard InChI is InChI=1S/C20H20FN5O/c21-14-5-6-17-15(9-14)16(19(27)26-7-3-1-2-4-8-26)10-18(25-17)13-11-23-20(22)24-12-13/h5-6,9-12H,1-4,7-8H2,(H2,22,23,24). The van der Waals surface area contributed by atoms with E-state index in [-0.39, 0.29) is 11.9 Å². The molecule has 0 saturated carbocycles. The van der Waals surface area contributed by atoms with E-state index in [4.69, 9.17) is 5.73 Å². The molecule has 0 bridgehead atoms. The first-order valence-electron chi connectivity index (χ1n) is 9.09. The highest BCUT2D eigenvalue weighted by Gasteiger charge is 2.21. The number of benzene rings is 1. The molecule has 1 amide bonds. The Morgan fingerprint density at radius 1 is 1.04 bits per heavy atom. The number of likely N-dealkylation sites (tertiary alicyclic amines) is 1. The predicted molar refractivity (Wildman–Crippen MR) is 102 cm³/mol. The van der Waals surface area contributed by atoms with E-state index in [0.717, 1.165) is 38.8 Å². The van der Waals surface area contributed by atoms with E-state index < -0.39 is 5.82 Å². The van der Waals surface area contributed by atoms with E-state index >= 15 is 0 Å². The highest BCUT2D eigenvalue weighted by Crippen LogP contribution is 2.27. The van der Waals surface area contributed by atoms with Gasteiger partial charge in [0.1, 0.15) is 5.82 Å². The predicted octanol–water partition coefficient (Wildman–Crippen LogP) is 3.43. The van der Waals surface area contributed by atoms with Crippen LogP contribution in [0.3, 0.4) is 0 Å². The Morgan fingerprint density at radius 3 is 2.44 bits per heavy atom. The van der Waals surface area contributed by atoms with Crippen molar-refractivity contribution in [1.82, 2.24) is 19.9 Å². The van der Waals surface area contributed by atoms with Gasteiger partial charge in [-0.2, -0.15) is 0 Å². The lowest BCUT2D eigenvalue weighted by molar-refractivity contribution is 0.0763. The van der Waals surface area contributed by atoms with Crippen molar-refractivity contribution in [1.29, 1.82) is 0 Å². The van der Waals surface area contributed by atoms with Crippen molar-refractivity contribution in [3.8, 4) is 11.3 Å². The van der Waals surface area contributed by atoms with Crippen molar-refractivity contribution in [3.63, 3.8) is 0 Å². The molecule has 4 rings (SSSR count). The van der Waals surface area contributed by atoms with Crippen molar-refractivity contribution in [2.45, 2.75) is 25.7 Å². The Labute approximate surface area is 156 Å². The summed E-state index contributed by atoms with van der Waals surface area (Å²) in [6, 6.07) is 6.00. The van der Waals surface area contributed by atoms with Crippen molar-refractivity contribution in [2.75, 3.05) is 18.8 Å². The van der Waals surface area contributed by atoms with Gasteiger partial charge in [0.2, 0.25) is 5.95 Å². The molecule has 1 aliphatic heterocycles. The first-order chi connectivity index (χ1) is 13.1. The SMILES string of the molecule is Nc1ncc(-c2cc(C(=O)N3CCCCCC3)c3cc(F)ccc3n2)cn1. The topological polar surface area (TPSA) is 85.0 Å². The molecule has 6 nitrogen and oxygen atoms in total. The van der Waals surface area contributed by atoms with Gasteiger partial charge in [0.25, 0.3) is 5.91 Å². The number of nitrogens with two attached hydrogens (primary N) is 1. The van der Waals surface area contributed by atoms with E-state index in [0.29, 0.717) is 27.7 Å². The van der Waals surface area contributed by atoms with Crippen LogP contribution in [0, 0.1) is 5.82 Å². The summed E-state index contributed by atoms with van der Waals surface area (Å²) >= 11 is 0. The zero-order valence-electron chi connectivity index (χ0n) is 14.9. The highest BCUT2D eigenvalue weighted by molar-refractivity contribution is 6.07. The van der Waals surface area contributed by atoms with Gasteiger partial charge in [0, 0.05) is 36.4 Å². The minimum absolute atomic E-state index is 0.0903. The molecule has 3 aromatic rings. The Balaban J connectivity index is 1.84. The van der Waals surface area contributed by atoms with Gasteiger partial charge in [-0.25, -0.2) is 19.3 Å². The summed E-state index contributed by atoms with van der Waals surface area (Å²) in [5.74, 6) is -0.312. The molecule has 0 radical (unpaired) electrons. The molecule has 0 spiro atoms. The minimum Gasteiger partial charge on any atom is -0.368 e. The first-order valence-corrected chi connectivity index (χ1v) is 9.09. The Kier molecular flexibility index (Phi) is 4.66. The number of hydrogen-bond acceptors (Lipinski definition) is 5. The lowest BCUT2D eigenvalue weighted by atomic mass is 10.0. The first kappa shape index (κ1) is 17.3. The molecule has 1 saturated heterocycles. The maximum atomic E-state index is 13.9. The molecule has 2 aromatic heterocycles. The Hall–Kier alpha value is -3.09. The van der Waals surface area contributed by atoms with Crippen LogP contribution in [-0.4, -0.2) is 38.8 Å². The van der Waals surface area contributed by atoms with Gasteiger partial charge in [-0.3, -0.25) is 4.79 Å². The Morgan fingerprint density at radius 2 is 1.74 bits per heavy atom. The van der Waals surface area contributed by atoms with Gasteiger partial charge < -0.3 is 10.6 Å². The minimum atomic E-state index is -0.391. The molecule has 0 aliphatic carbocycles. The zero-order valence-corrected chi connectivity index (χ0v) is 14.9. The molecular formula is C20H20FN5O. The number of fused-ring (bicyclic) bond motifs is 1. The molecule has 27 heavy (non-hydrogen) atoms. The molecule has 1 aromatic carbocycles. The van der Waals surface area contributed by atoms with Crippen molar-refractivity contribution >= 4 is 22.8 Å². The zero-order chi connectivity index (χ0) is 18.8. The van der Waals surface area contributed by atoms with Gasteiger partial charge in [-0.05, 0) is 37.1 Å². The third kappa shape index (κ3) is 3.58. The van der Waals surface area contributed by atoms with Gasteiger partial charge >= 0.3 is 0 Å². The third-order valence-electron chi connectivity index (χ3n) is 4.86. The van der Waals surface area contributed by atoms with Crippen molar-refractivity contribution in [2.24, 2.45) is 0 Å². The monoisotopic (exact) mass is 365 g/mol. The number of carbonyl (C=O) groups is 1. The number of rotatable bonds is 2. The van der Waals surface area contributed by atoms with Gasteiger partial charge in [-0.1, -0.05) is 12.8 Å². The molecule has 138 valence electrons. The number of hydrogen-bond donors (Lipinski definition) is 1. The van der Waals surface area contributed by atoms with Crippen LogP contribution in [-0.2, 0) is 0 Å². The quantitative estimate of drug-likeness (QED) is 0.752. The second-order valence-corrected chi connectivity index (χ2v) is 6.75. The number of halogens is 1. The molecule has 0 unspecified atom stereocenters. The average Bonchev–Trinajstić information content (AvgIpc) is 2.97. The lowest BCUT2D eigenvalue weighted by Gasteiger charge is -2.21. The number of pyridine rings is 1. The molecule has 1 fully saturated rings. The maximum absolute atomic E-state index is 13.9. The lowest BCUT2D eigenvalue weighted by Crippen LogP contribution is -2.32. The highest BCUT2D eigenvalue weighted by atomic mass is 19.1. The molecule has 3 heterocycles. The van der Waals surface area contributed by atoms with Crippen LogP contribution >= 0.6 is 0 Å².